The van der Waals surface area contributed by atoms with Crippen molar-refractivity contribution in [1.82, 2.24) is 3.53 Å². The molecule has 0 aliphatic carbocycles. The molecular formula is C9H8INO. The Morgan fingerprint density at radius 3 is 2.58 bits per heavy atom. The quantitative estimate of drug-likeness (QED) is 0.396. The van der Waals surface area contributed by atoms with E-state index in [0.29, 0.717) is 5.56 Å². The summed E-state index contributed by atoms with van der Waals surface area (Å²) in [6.45, 7) is 0. The zero-order valence-electron chi connectivity index (χ0n) is 6.33. The van der Waals surface area contributed by atoms with E-state index >= 15 is 0 Å². The highest BCUT2D eigenvalue weighted by Gasteiger charge is 1.97. The minimum absolute atomic E-state index is 0.0137. The van der Waals surface area contributed by atoms with Crippen molar-refractivity contribution in [2.24, 2.45) is 0 Å². The molecule has 0 saturated carbocycles. The molecule has 0 unspecified atom stereocenters. The van der Waals surface area contributed by atoms with Crippen LogP contribution in [0.4, 0.5) is 0 Å². The third-order valence-electron chi connectivity index (χ3n) is 1.36. The molecule has 0 amide bonds. The third kappa shape index (κ3) is 2.65. The van der Waals surface area contributed by atoms with Crippen molar-refractivity contribution in [2.75, 3.05) is 0 Å². The Hall–Kier alpha value is -0.840. The molecule has 0 bridgehead atoms. The van der Waals surface area contributed by atoms with Crippen molar-refractivity contribution in [2.45, 2.75) is 0 Å². The van der Waals surface area contributed by atoms with Gasteiger partial charge in [-0.2, -0.15) is 0 Å². The van der Waals surface area contributed by atoms with E-state index < -0.39 is 0 Å². The molecule has 0 atom stereocenters. The van der Waals surface area contributed by atoms with Gasteiger partial charge in [0, 0.05) is 17.8 Å². The summed E-state index contributed by atoms with van der Waals surface area (Å²) in [7, 11) is 0. The van der Waals surface area contributed by atoms with E-state index in [9.17, 15) is 4.79 Å². The molecule has 2 nitrogen and oxygen atoms in total. The largest absolute Gasteiger partial charge is 0.335 e. The molecule has 12 heavy (non-hydrogen) atoms. The smallest absolute Gasteiger partial charge is 0.187 e. The van der Waals surface area contributed by atoms with E-state index in [2.05, 4.69) is 3.53 Å². The van der Waals surface area contributed by atoms with E-state index in [1.165, 1.54) is 6.08 Å². The molecule has 0 saturated heterocycles. The van der Waals surface area contributed by atoms with E-state index in [1.807, 2.05) is 41.1 Å². The topological polar surface area (TPSA) is 29.1 Å². The number of benzene rings is 1. The summed E-state index contributed by atoms with van der Waals surface area (Å²) in [6.07, 6.45) is 3.11. The van der Waals surface area contributed by atoms with Crippen molar-refractivity contribution in [3.05, 3.63) is 48.2 Å². The average Bonchev–Trinajstić information content (AvgIpc) is 2.15. The van der Waals surface area contributed by atoms with Crippen molar-refractivity contribution in [3.8, 4) is 0 Å². The summed E-state index contributed by atoms with van der Waals surface area (Å²) in [5.74, 6) is 0.0137. The van der Waals surface area contributed by atoms with Crippen LogP contribution in [-0.2, 0) is 0 Å². The first kappa shape index (κ1) is 9.25. The van der Waals surface area contributed by atoms with Gasteiger partial charge in [-0.15, -0.1) is 0 Å². The maximum absolute atomic E-state index is 11.3. The summed E-state index contributed by atoms with van der Waals surface area (Å²) in [6, 6.07) is 9.16. The van der Waals surface area contributed by atoms with Crippen LogP contribution in [0.25, 0.3) is 0 Å². The first-order valence-electron chi connectivity index (χ1n) is 3.46. The van der Waals surface area contributed by atoms with Crippen LogP contribution in [0.5, 0.6) is 0 Å². The van der Waals surface area contributed by atoms with Crippen LogP contribution in [0.15, 0.2) is 42.6 Å². The monoisotopic (exact) mass is 273 g/mol. The summed E-state index contributed by atoms with van der Waals surface area (Å²) in [5.41, 5.74) is 0.709. The molecule has 0 fully saturated rings. The van der Waals surface area contributed by atoms with Crippen LogP contribution in [0, 0.1) is 0 Å². The van der Waals surface area contributed by atoms with Gasteiger partial charge in [-0.3, -0.25) is 4.79 Å². The summed E-state index contributed by atoms with van der Waals surface area (Å²) < 4.78 is 2.74. The van der Waals surface area contributed by atoms with Gasteiger partial charge < -0.3 is 3.53 Å². The molecule has 1 aromatic rings. The third-order valence-corrected chi connectivity index (χ3v) is 1.72. The molecule has 3 heteroatoms. The Bertz CT molecular complexity index is 282. The molecule has 1 N–H and O–H groups in total. The number of carbonyl (C=O) groups excluding carboxylic acids is 1. The first-order chi connectivity index (χ1) is 5.84. The van der Waals surface area contributed by atoms with Gasteiger partial charge in [-0.1, -0.05) is 30.3 Å². The van der Waals surface area contributed by atoms with E-state index in [1.54, 1.807) is 18.3 Å². The fourth-order valence-electron chi connectivity index (χ4n) is 0.806. The standard InChI is InChI=1S/C9H8INO/c10-11-7-6-9(12)8-4-2-1-3-5-8/h1-7,11H/b7-6+. The first-order valence-corrected chi connectivity index (χ1v) is 4.54. The van der Waals surface area contributed by atoms with Gasteiger partial charge in [-0.25, -0.2) is 0 Å². The maximum atomic E-state index is 11.3. The highest BCUT2D eigenvalue weighted by atomic mass is 127. The fourth-order valence-corrected chi connectivity index (χ4v) is 0.986. The van der Waals surface area contributed by atoms with Crippen molar-refractivity contribution < 1.29 is 4.79 Å². The number of allylic oxidation sites excluding steroid dienone is 1. The number of hydrogen-bond acceptors (Lipinski definition) is 2. The van der Waals surface area contributed by atoms with E-state index in [4.69, 9.17) is 0 Å². The summed E-state index contributed by atoms with van der Waals surface area (Å²) in [5, 5.41) is 0. The van der Waals surface area contributed by atoms with Gasteiger partial charge >= 0.3 is 0 Å². The van der Waals surface area contributed by atoms with Crippen LogP contribution in [-0.4, -0.2) is 5.78 Å². The predicted octanol–water partition coefficient (Wildman–Crippen LogP) is 2.32. The van der Waals surface area contributed by atoms with Gasteiger partial charge in [0.05, 0.1) is 22.9 Å². The fraction of sp³-hybridized carbons (Fsp3) is 0. The molecule has 62 valence electrons. The minimum Gasteiger partial charge on any atom is -0.335 e. The van der Waals surface area contributed by atoms with Crippen LogP contribution in [0.1, 0.15) is 10.4 Å². The van der Waals surface area contributed by atoms with Crippen LogP contribution in [0.2, 0.25) is 0 Å². The number of carbonyl (C=O) groups is 1. The lowest BCUT2D eigenvalue weighted by atomic mass is 10.1. The summed E-state index contributed by atoms with van der Waals surface area (Å²) >= 11 is 1.95. The Balaban J connectivity index is 2.72. The van der Waals surface area contributed by atoms with Crippen molar-refractivity contribution in [3.63, 3.8) is 0 Å². The molecule has 0 aromatic heterocycles. The number of rotatable bonds is 3. The SMILES string of the molecule is O=C(/C=C/NI)c1ccccc1. The maximum Gasteiger partial charge on any atom is 0.187 e. The molecule has 0 heterocycles. The minimum atomic E-state index is 0.0137. The van der Waals surface area contributed by atoms with Gasteiger partial charge in [0.2, 0.25) is 0 Å². The Kier molecular flexibility index (Phi) is 3.79. The number of nitrogens with one attached hydrogen (secondary N) is 1. The molecule has 0 aliphatic heterocycles. The lowest BCUT2D eigenvalue weighted by Gasteiger charge is -1.92. The van der Waals surface area contributed by atoms with Crippen LogP contribution < -0.4 is 3.53 Å². The van der Waals surface area contributed by atoms with Gasteiger partial charge in [0.1, 0.15) is 0 Å². The lowest BCUT2D eigenvalue weighted by Crippen LogP contribution is -1.94. The number of ketones is 1. The Morgan fingerprint density at radius 2 is 2.00 bits per heavy atom. The van der Waals surface area contributed by atoms with Crippen LogP contribution in [0.3, 0.4) is 0 Å². The second-order valence-corrected chi connectivity index (χ2v) is 2.80. The van der Waals surface area contributed by atoms with E-state index in [-0.39, 0.29) is 5.78 Å². The average molecular weight is 273 g/mol. The normalized spacial score (nSPS) is 10.1. The molecule has 1 aromatic carbocycles. The van der Waals surface area contributed by atoms with Gasteiger partial charge in [0.15, 0.2) is 5.78 Å². The van der Waals surface area contributed by atoms with Gasteiger partial charge in [0.25, 0.3) is 0 Å². The lowest BCUT2D eigenvalue weighted by molar-refractivity contribution is 0.104. The van der Waals surface area contributed by atoms with Gasteiger partial charge in [-0.05, 0) is 0 Å². The van der Waals surface area contributed by atoms with Crippen LogP contribution >= 0.6 is 22.9 Å². The molecule has 0 radical (unpaired) electrons. The Morgan fingerprint density at radius 1 is 1.33 bits per heavy atom. The van der Waals surface area contributed by atoms with Crippen molar-refractivity contribution in [1.29, 1.82) is 0 Å². The molecular weight excluding hydrogens is 265 g/mol. The number of hydrogen-bond donors (Lipinski definition) is 1. The zero-order chi connectivity index (χ0) is 8.81. The number of halogens is 1. The highest BCUT2D eigenvalue weighted by molar-refractivity contribution is 14.1. The van der Waals surface area contributed by atoms with Crippen molar-refractivity contribution >= 4 is 28.6 Å². The predicted molar refractivity (Wildman–Crippen MR) is 57.1 cm³/mol. The van der Waals surface area contributed by atoms with E-state index in [0.717, 1.165) is 0 Å². The molecule has 1 rings (SSSR count). The molecule has 0 aliphatic rings. The Labute approximate surface area is 85.2 Å². The second-order valence-electron chi connectivity index (χ2n) is 2.17. The summed E-state index contributed by atoms with van der Waals surface area (Å²) in [4.78, 5) is 11.3. The highest BCUT2D eigenvalue weighted by Crippen LogP contribution is 2.00. The second kappa shape index (κ2) is 4.92. The zero-order valence-corrected chi connectivity index (χ0v) is 8.49. The molecule has 0 spiro atoms.